The maximum absolute atomic E-state index is 12.2. The molecule has 1 atom stereocenters. The van der Waals surface area contributed by atoms with Gasteiger partial charge >= 0.3 is 0 Å². The molecule has 1 amide bonds. The van der Waals surface area contributed by atoms with E-state index in [2.05, 4.69) is 10.5 Å². The Morgan fingerprint density at radius 3 is 2.77 bits per heavy atom. The largest absolute Gasteiger partial charge is 0.485 e. The van der Waals surface area contributed by atoms with Gasteiger partial charge in [0.15, 0.2) is 11.5 Å². The number of ether oxygens (including phenoxy) is 2. The first kappa shape index (κ1) is 19.2. The number of nitrogens with zero attached hydrogens (tertiary/aromatic N) is 2. The summed E-state index contributed by atoms with van der Waals surface area (Å²) in [6.07, 6.45) is 0.548. The summed E-state index contributed by atoms with van der Waals surface area (Å²) in [5.74, 6) is 1.60. The van der Waals surface area contributed by atoms with Crippen molar-refractivity contribution in [2.75, 3.05) is 6.61 Å². The molecule has 1 aliphatic rings. The Morgan fingerprint density at radius 1 is 1.20 bits per heavy atom. The third kappa shape index (κ3) is 4.00. The fraction of sp³-hybridized carbons (Fsp3) is 0.143. The van der Waals surface area contributed by atoms with Gasteiger partial charge in [-0.25, -0.2) is 5.43 Å². The standard InChI is InChI=1S/C21H17N3O6/c1-13-10-14(24(26)27)6-8-16(13)17-9-7-15(29-17)11-22-23-21(25)20-12-28-18-4-2-3-5-19(18)30-20/h2-11,20H,12H2,1H3,(H,23,25)/b22-11-. The third-order valence-corrected chi connectivity index (χ3v) is 4.48. The number of fused-ring (bicyclic) bond motifs is 1. The fourth-order valence-corrected chi connectivity index (χ4v) is 2.99. The molecule has 1 N–H and O–H groups in total. The highest BCUT2D eigenvalue weighted by Crippen LogP contribution is 2.31. The van der Waals surface area contributed by atoms with Crippen molar-refractivity contribution in [2.45, 2.75) is 13.0 Å². The third-order valence-electron chi connectivity index (χ3n) is 4.48. The summed E-state index contributed by atoms with van der Waals surface area (Å²) in [5.41, 5.74) is 3.87. The Bertz CT molecular complexity index is 1140. The van der Waals surface area contributed by atoms with E-state index in [4.69, 9.17) is 13.9 Å². The van der Waals surface area contributed by atoms with Gasteiger partial charge in [-0.1, -0.05) is 12.1 Å². The van der Waals surface area contributed by atoms with Gasteiger partial charge in [-0.05, 0) is 42.8 Å². The van der Waals surface area contributed by atoms with Crippen LogP contribution in [-0.2, 0) is 4.79 Å². The van der Waals surface area contributed by atoms with Crippen LogP contribution >= 0.6 is 0 Å². The number of nitro groups is 1. The molecule has 2 aromatic carbocycles. The Balaban J connectivity index is 1.38. The van der Waals surface area contributed by atoms with Crippen LogP contribution in [-0.4, -0.2) is 29.8 Å². The first-order valence-electron chi connectivity index (χ1n) is 9.08. The molecule has 152 valence electrons. The summed E-state index contributed by atoms with van der Waals surface area (Å²) >= 11 is 0. The summed E-state index contributed by atoms with van der Waals surface area (Å²) in [6, 6.07) is 15.1. The highest BCUT2D eigenvalue weighted by atomic mass is 16.6. The Kier molecular flexibility index (Phi) is 5.17. The first-order valence-corrected chi connectivity index (χ1v) is 9.08. The van der Waals surface area contributed by atoms with Crippen LogP contribution in [0.5, 0.6) is 11.5 Å². The lowest BCUT2D eigenvalue weighted by atomic mass is 10.1. The summed E-state index contributed by atoms with van der Waals surface area (Å²) in [6.45, 7) is 1.85. The molecule has 0 fully saturated rings. The fourth-order valence-electron chi connectivity index (χ4n) is 2.99. The van der Waals surface area contributed by atoms with E-state index in [1.165, 1.54) is 18.3 Å². The van der Waals surface area contributed by atoms with E-state index < -0.39 is 16.9 Å². The Morgan fingerprint density at radius 2 is 2.00 bits per heavy atom. The second kappa shape index (κ2) is 8.08. The molecule has 0 radical (unpaired) electrons. The van der Waals surface area contributed by atoms with E-state index in [-0.39, 0.29) is 12.3 Å². The molecule has 1 aliphatic heterocycles. The van der Waals surface area contributed by atoms with Crippen molar-refractivity contribution in [1.82, 2.24) is 5.43 Å². The minimum absolute atomic E-state index is 0.0174. The second-order valence-corrected chi connectivity index (χ2v) is 6.56. The molecule has 4 rings (SSSR count). The summed E-state index contributed by atoms with van der Waals surface area (Å²) in [7, 11) is 0. The molecule has 1 aromatic heterocycles. The van der Waals surface area contributed by atoms with Gasteiger partial charge in [-0.2, -0.15) is 5.10 Å². The maximum Gasteiger partial charge on any atom is 0.284 e. The number of hydrazone groups is 1. The zero-order valence-electron chi connectivity index (χ0n) is 15.9. The van der Waals surface area contributed by atoms with Crippen molar-refractivity contribution in [3.8, 4) is 22.8 Å². The van der Waals surface area contributed by atoms with E-state index in [0.29, 0.717) is 28.6 Å². The number of para-hydroxylation sites is 2. The molecule has 1 unspecified atom stereocenters. The quantitative estimate of drug-likeness (QED) is 0.393. The number of aryl methyl sites for hydroxylation is 1. The van der Waals surface area contributed by atoms with Crippen LogP contribution in [0.15, 0.2) is 64.1 Å². The maximum atomic E-state index is 12.2. The number of carbonyl (C=O) groups is 1. The number of hydrogen-bond donors (Lipinski definition) is 1. The SMILES string of the molecule is Cc1cc([N+](=O)[O-])ccc1-c1ccc(/C=N\NC(=O)C2COc3ccccc3O2)o1. The predicted octanol–water partition coefficient (Wildman–Crippen LogP) is 3.45. The molecule has 9 nitrogen and oxygen atoms in total. The molecule has 9 heteroatoms. The molecular formula is C21H17N3O6. The Hall–Kier alpha value is -4.14. The van der Waals surface area contributed by atoms with Crippen molar-refractivity contribution in [2.24, 2.45) is 5.10 Å². The number of nitrogens with one attached hydrogen (secondary N) is 1. The highest BCUT2D eigenvalue weighted by Gasteiger charge is 2.27. The van der Waals surface area contributed by atoms with Crippen LogP contribution in [0.1, 0.15) is 11.3 Å². The summed E-state index contributed by atoms with van der Waals surface area (Å²) in [5, 5.41) is 14.8. The number of hydrogen-bond acceptors (Lipinski definition) is 7. The zero-order chi connectivity index (χ0) is 21.1. The normalized spacial score (nSPS) is 15.2. The van der Waals surface area contributed by atoms with E-state index in [1.54, 1.807) is 43.3 Å². The van der Waals surface area contributed by atoms with Gasteiger partial charge in [-0.15, -0.1) is 0 Å². The van der Waals surface area contributed by atoms with Crippen LogP contribution < -0.4 is 14.9 Å². The molecule has 0 bridgehead atoms. The monoisotopic (exact) mass is 407 g/mol. The number of benzene rings is 2. The van der Waals surface area contributed by atoms with Gasteiger partial charge in [0.2, 0.25) is 6.10 Å². The lowest BCUT2D eigenvalue weighted by molar-refractivity contribution is -0.384. The van der Waals surface area contributed by atoms with Gasteiger partial charge in [-0.3, -0.25) is 14.9 Å². The minimum Gasteiger partial charge on any atom is -0.485 e. The van der Waals surface area contributed by atoms with Gasteiger partial charge in [0.05, 0.1) is 11.1 Å². The number of carbonyl (C=O) groups excluding carboxylic acids is 1. The average Bonchev–Trinajstić information content (AvgIpc) is 3.21. The van der Waals surface area contributed by atoms with E-state index in [0.717, 1.165) is 5.56 Å². The number of nitro benzene ring substituents is 1. The topological polar surface area (TPSA) is 116 Å². The van der Waals surface area contributed by atoms with Crippen molar-refractivity contribution >= 4 is 17.8 Å². The lowest BCUT2D eigenvalue weighted by Crippen LogP contribution is -2.42. The molecule has 3 aromatic rings. The summed E-state index contributed by atoms with van der Waals surface area (Å²) in [4.78, 5) is 22.7. The predicted molar refractivity (Wildman–Crippen MR) is 108 cm³/mol. The number of non-ortho nitro benzene ring substituents is 1. The van der Waals surface area contributed by atoms with Crippen molar-refractivity contribution in [1.29, 1.82) is 0 Å². The molecule has 0 saturated carbocycles. The lowest BCUT2D eigenvalue weighted by Gasteiger charge is -2.24. The van der Waals surface area contributed by atoms with Crippen molar-refractivity contribution in [3.63, 3.8) is 0 Å². The average molecular weight is 407 g/mol. The smallest absolute Gasteiger partial charge is 0.284 e. The van der Waals surface area contributed by atoms with Crippen LogP contribution in [0, 0.1) is 17.0 Å². The van der Waals surface area contributed by atoms with Crippen LogP contribution in [0.3, 0.4) is 0 Å². The molecule has 0 saturated heterocycles. The van der Waals surface area contributed by atoms with Gasteiger partial charge in [0, 0.05) is 17.7 Å². The first-order chi connectivity index (χ1) is 14.5. The second-order valence-electron chi connectivity index (χ2n) is 6.56. The molecule has 30 heavy (non-hydrogen) atoms. The van der Waals surface area contributed by atoms with Gasteiger partial charge < -0.3 is 13.9 Å². The number of rotatable bonds is 5. The van der Waals surface area contributed by atoms with E-state index in [1.807, 2.05) is 6.07 Å². The molecule has 0 spiro atoms. The Labute approximate surface area is 171 Å². The van der Waals surface area contributed by atoms with Crippen molar-refractivity contribution in [3.05, 3.63) is 76.0 Å². The van der Waals surface area contributed by atoms with Crippen molar-refractivity contribution < 1.29 is 23.6 Å². The van der Waals surface area contributed by atoms with E-state index >= 15 is 0 Å². The summed E-state index contributed by atoms with van der Waals surface area (Å²) < 4.78 is 16.8. The van der Waals surface area contributed by atoms with Crippen LogP contribution in [0.4, 0.5) is 5.69 Å². The molecular weight excluding hydrogens is 390 g/mol. The minimum atomic E-state index is -0.813. The van der Waals surface area contributed by atoms with E-state index in [9.17, 15) is 14.9 Å². The van der Waals surface area contributed by atoms with Crippen LogP contribution in [0.25, 0.3) is 11.3 Å². The number of amides is 1. The van der Waals surface area contributed by atoms with Gasteiger partial charge in [0.25, 0.3) is 11.6 Å². The molecule has 2 heterocycles. The zero-order valence-corrected chi connectivity index (χ0v) is 15.9. The number of furan rings is 1. The van der Waals surface area contributed by atoms with Gasteiger partial charge in [0.1, 0.15) is 18.1 Å². The highest BCUT2D eigenvalue weighted by molar-refractivity contribution is 5.84. The van der Waals surface area contributed by atoms with Crippen LogP contribution in [0.2, 0.25) is 0 Å². The molecule has 0 aliphatic carbocycles.